The highest BCUT2D eigenvalue weighted by Crippen LogP contribution is 2.29. The lowest BCUT2D eigenvalue weighted by molar-refractivity contribution is 0.0938. The summed E-state index contributed by atoms with van der Waals surface area (Å²) in [6.45, 7) is 3.76. The number of para-hydroxylation sites is 2. The number of nitrogens with one attached hydrogen (secondary N) is 4. The van der Waals surface area contributed by atoms with Crippen molar-refractivity contribution >= 4 is 28.5 Å². The van der Waals surface area contributed by atoms with Crippen LogP contribution >= 0.6 is 0 Å². The maximum atomic E-state index is 12.8. The molecule has 150 valence electrons. The molecule has 2 aromatic heterocycles. The van der Waals surface area contributed by atoms with Gasteiger partial charge in [-0.25, -0.2) is 10.2 Å². The number of H-pyrrole nitrogens is 1. The zero-order valence-electron chi connectivity index (χ0n) is 16.6. The topological polar surface area (TPSA) is 98.9 Å². The van der Waals surface area contributed by atoms with E-state index in [4.69, 9.17) is 0 Å². The third-order valence-electron chi connectivity index (χ3n) is 4.81. The molecule has 2 heterocycles. The Kier molecular flexibility index (Phi) is 5.17. The van der Waals surface area contributed by atoms with Crippen LogP contribution in [0, 0.1) is 13.8 Å². The summed E-state index contributed by atoms with van der Waals surface area (Å²) < 4.78 is 0. The number of amides is 3. The predicted octanol–water partition coefficient (Wildman–Crippen LogP) is 4.31. The van der Waals surface area contributed by atoms with Crippen molar-refractivity contribution in [3.8, 4) is 11.3 Å². The molecule has 3 amide bonds. The minimum absolute atomic E-state index is 0.363. The van der Waals surface area contributed by atoms with Crippen LogP contribution in [0.25, 0.3) is 22.2 Å². The lowest BCUT2D eigenvalue weighted by Crippen LogP contribution is -2.44. The number of aromatic amines is 1. The van der Waals surface area contributed by atoms with E-state index >= 15 is 0 Å². The second kappa shape index (κ2) is 8.08. The number of urea groups is 1. The van der Waals surface area contributed by atoms with E-state index in [9.17, 15) is 9.59 Å². The number of fused-ring (bicyclic) bond motifs is 1. The summed E-state index contributed by atoms with van der Waals surface area (Å²) in [5, 5.41) is 3.67. The number of rotatable bonds is 3. The molecule has 0 fully saturated rings. The van der Waals surface area contributed by atoms with Crippen LogP contribution in [0.4, 0.5) is 10.5 Å². The van der Waals surface area contributed by atoms with E-state index in [0.717, 1.165) is 27.7 Å². The molecule has 0 aliphatic rings. The van der Waals surface area contributed by atoms with Crippen molar-refractivity contribution in [2.75, 3.05) is 5.32 Å². The van der Waals surface area contributed by atoms with Gasteiger partial charge in [-0.3, -0.25) is 15.2 Å². The molecule has 4 aromatic rings. The number of aryl methyl sites for hydroxylation is 2. The zero-order valence-corrected chi connectivity index (χ0v) is 16.6. The van der Waals surface area contributed by atoms with E-state index in [-0.39, 0.29) is 0 Å². The van der Waals surface area contributed by atoms with E-state index in [1.807, 2.05) is 62.5 Å². The molecule has 0 bridgehead atoms. The second-order valence-electron chi connectivity index (χ2n) is 6.94. The van der Waals surface area contributed by atoms with Gasteiger partial charge < -0.3 is 10.3 Å². The van der Waals surface area contributed by atoms with E-state index in [1.165, 1.54) is 0 Å². The molecule has 7 heteroatoms. The maximum absolute atomic E-state index is 12.8. The number of carbonyl (C=O) groups is 2. The third kappa shape index (κ3) is 3.86. The second-order valence-corrected chi connectivity index (χ2v) is 6.94. The Labute approximate surface area is 173 Å². The molecule has 4 N–H and O–H groups in total. The Hall–Kier alpha value is -4.13. The number of aromatic nitrogens is 2. The van der Waals surface area contributed by atoms with Crippen molar-refractivity contribution < 1.29 is 9.59 Å². The molecule has 2 aromatic carbocycles. The van der Waals surface area contributed by atoms with Crippen LogP contribution in [0.3, 0.4) is 0 Å². The van der Waals surface area contributed by atoms with Crippen molar-refractivity contribution in [1.29, 1.82) is 0 Å². The average Bonchev–Trinajstić information content (AvgIpc) is 3.18. The van der Waals surface area contributed by atoms with Crippen LogP contribution in [0.2, 0.25) is 0 Å². The van der Waals surface area contributed by atoms with Crippen molar-refractivity contribution in [3.63, 3.8) is 0 Å². The fraction of sp³-hybridized carbons (Fsp3) is 0.0870. The van der Waals surface area contributed by atoms with Crippen molar-refractivity contribution in [3.05, 3.63) is 83.7 Å². The Morgan fingerprint density at radius 1 is 0.900 bits per heavy atom. The van der Waals surface area contributed by atoms with Crippen LogP contribution in [-0.2, 0) is 0 Å². The minimum Gasteiger partial charge on any atom is -0.360 e. The van der Waals surface area contributed by atoms with E-state index < -0.39 is 11.9 Å². The summed E-state index contributed by atoms with van der Waals surface area (Å²) in [5.41, 5.74) is 9.92. The summed E-state index contributed by atoms with van der Waals surface area (Å²) in [6.07, 6.45) is 1.83. The maximum Gasteiger partial charge on any atom is 0.337 e. The standard InChI is InChI=1S/C23H21N5O2/c1-14-7-3-5-9-19(14)26-23(30)28-27-22(29)17-12-11-15(2)25-21(17)18-13-24-20-10-6-4-8-16(18)20/h3-13,24H,1-2H3,(H,27,29)(H2,26,28,30). The normalized spacial score (nSPS) is 10.6. The average molecular weight is 399 g/mol. The summed E-state index contributed by atoms with van der Waals surface area (Å²) in [4.78, 5) is 32.8. The highest BCUT2D eigenvalue weighted by molar-refractivity contribution is 6.05. The van der Waals surface area contributed by atoms with Crippen LogP contribution in [0.15, 0.2) is 66.9 Å². The Morgan fingerprint density at radius 2 is 1.67 bits per heavy atom. The largest absolute Gasteiger partial charge is 0.360 e. The molecule has 0 radical (unpaired) electrons. The molecular formula is C23H21N5O2. The van der Waals surface area contributed by atoms with E-state index in [0.29, 0.717) is 16.9 Å². The van der Waals surface area contributed by atoms with Gasteiger partial charge in [-0.15, -0.1) is 0 Å². The van der Waals surface area contributed by atoms with Gasteiger partial charge in [-0.2, -0.15) is 0 Å². The summed E-state index contributed by atoms with van der Waals surface area (Å²) in [5.74, 6) is -0.456. The van der Waals surface area contributed by atoms with Gasteiger partial charge in [0, 0.05) is 34.0 Å². The lowest BCUT2D eigenvalue weighted by atomic mass is 10.0. The fourth-order valence-corrected chi connectivity index (χ4v) is 3.26. The van der Waals surface area contributed by atoms with Gasteiger partial charge in [0.1, 0.15) is 0 Å². The number of carbonyl (C=O) groups excluding carboxylic acids is 2. The fourth-order valence-electron chi connectivity index (χ4n) is 3.26. The smallest absolute Gasteiger partial charge is 0.337 e. The number of benzene rings is 2. The molecule has 4 rings (SSSR count). The van der Waals surface area contributed by atoms with Crippen LogP contribution < -0.4 is 16.2 Å². The predicted molar refractivity (Wildman–Crippen MR) is 117 cm³/mol. The lowest BCUT2D eigenvalue weighted by Gasteiger charge is -2.12. The zero-order chi connectivity index (χ0) is 21.1. The molecular weight excluding hydrogens is 378 g/mol. The van der Waals surface area contributed by atoms with Gasteiger partial charge in [-0.05, 0) is 43.7 Å². The number of hydrogen-bond donors (Lipinski definition) is 4. The van der Waals surface area contributed by atoms with Crippen LogP contribution in [0.5, 0.6) is 0 Å². The monoisotopic (exact) mass is 399 g/mol. The minimum atomic E-state index is -0.536. The van der Waals surface area contributed by atoms with Gasteiger partial charge in [0.05, 0.1) is 11.3 Å². The van der Waals surface area contributed by atoms with Gasteiger partial charge in [0.15, 0.2) is 0 Å². The number of anilines is 1. The van der Waals surface area contributed by atoms with Gasteiger partial charge in [-0.1, -0.05) is 36.4 Å². The highest BCUT2D eigenvalue weighted by Gasteiger charge is 2.18. The van der Waals surface area contributed by atoms with Crippen LogP contribution in [0.1, 0.15) is 21.6 Å². The van der Waals surface area contributed by atoms with Crippen LogP contribution in [-0.4, -0.2) is 21.9 Å². The van der Waals surface area contributed by atoms with Gasteiger partial charge >= 0.3 is 6.03 Å². The summed E-state index contributed by atoms with van der Waals surface area (Å²) in [7, 11) is 0. The molecule has 0 spiro atoms. The van der Waals surface area contributed by atoms with Gasteiger partial charge in [0.2, 0.25) is 0 Å². The SMILES string of the molecule is Cc1ccc(C(=O)NNC(=O)Nc2ccccc2C)c(-c2c[nH]c3ccccc23)n1. The number of pyridine rings is 1. The molecule has 0 atom stereocenters. The highest BCUT2D eigenvalue weighted by atomic mass is 16.2. The molecule has 30 heavy (non-hydrogen) atoms. The molecule has 0 aliphatic carbocycles. The first-order valence-electron chi connectivity index (χ1n) is 9.50. The van der Waals surface area contributed by atoms with Crippen molar-refractivity contribution in [1.82, 2.24) is 20.8 Å². The van der Waals surface area contributed by atoms with Gasteiger partial charge in [0.25, 0.3) is 5.91 Å². The Balaban J connectivity index is 1.55. The molecule has 7 nitrogen and oxygen atoms in total. The van der Waals surface area contributed by atoms with Crippen molar-refractivity contribution in [2.24, 2.45) is 0 Å². The molecule has 0 unspecified atom stereocenters. The summed E-state index contributed by atoms with van der Waals surface area (Å²) in [6, 6.07) is 18.1. The van der Waals surface area contributed by atoms with Crippen molar-refractivity contribution in [2.45, 2.75) is 13.8 Å². The quantitative estimate of drug-likeness (QED) is 0.386. The summed E-state index contributed by atoms with van der Waals surface area (Å²) >= 11 is 0. The van der Waals surface area contributed by atoms with E-state index in [1.54, 1.807) is 18.2 Å². The first-order chi connectivity index (χ1) is 14.5. The molecule has 0 saturated heterocycles. The third-order valence-corrected chi connectivity index (χ3v) is 4.81. The first-order valence-corrected chi connectivity index (χ1v) is 9.50. The molecule has 0 saturated carbocycles. The first kappa shape index (κ1) is 19.2. The number of hydrazine groups is 1. The molecule has 0 aliphatic heterocycles. The van der Waals surface area contributed by atoms with E-state index in [2.05, 4.69) is 26.1 Å². The number of nitrogens with zero attached hydrogens (tertiary/aromatic N) is 1. The Bertz CT molecular complexity index is 1250. The Morgan fingerprint density at radius 3 is 2.50 bits per heavy atom. The number of hydrogen-bond acceptors (Lipinski definition) is 3.